The van der Waals surface area contributed by atoms with Crippen LogP contribution < -0.4 is 5.32 Å². The highest BCUT2D eigenvalue weighted by atomic mass is 32.2. The summed E-state index contributed by atoms with van der Waals surface area (Å²) in [6.07, 6.45) is 3.24. The van der Waals surface area contributed by atoms with Gasteiger partial charge in [0.15, 0.2) is 0 Å². The van der Waals surface area contributed by atoms with Gasteiger partial charge in [0.25, 0.3) is 5.22 Å². The van der Waals surface area contributed by atoms with E-state index in [9.17, 15) is 0 Å². The molecule has 1 aromatic rings. The molecule has 0 saturated carbocycles. The van der Waals surface area contributed by atoms with Gasteiger partial charge in [0.2, 0.25) is 0 Å². The lowest BCUT2D eigenvalue weighted by atomic mass is 10.6. The van der Waals surface area contributed by atoms with Gasteiger partial charge in [0.05, 0.1) is 12.8 Å². The molecule has 0 atom stereocenters. The molecular formula is C8H14N2O2S. The molecule has 0 unspecified atom stereocenters. The quantitative estimate of drug-likeness (QED) is 0.528. The highest BCUT2D eigenvalue weighted by molar-refractivity contribution is 7.99. The molecule has 1 aromatic heterocycles. The highest BCUT2D eigenvalue weighted by Crippen LogP contribution is 2.12. The summed E-state index contributed by atoms with van der Waals surface area (Å²) in [5.41, 5.74) is 0. The third-order valence-electron chi connectivity index (χ3n) is 1.40. The molecule has 1 N–H and O–H groups in total. The average molecular weight is 202 g/mol. The van der Waals surface area contributed by atoms with E-state index in [-0.39, 0.29) is 0 Å². The Labute approximate surface area is 82.1 Å². The number of aromatic nitrogens is 1. The maximum absolute atomic E-state index is 5.06. The normalized spacial score (nSPS) is 10.5. The summed E-state index contributed by atoms with van der Waals surface area (Å²) in [4.78, 5) is 3.99. The molecule has 0 amide bonds. The molecule has 0 bridgehead atoms. The molecule has 0 aromatic carbocycles. The van der Waals surface area contributed by atoms with Crippen LogP contribution in [0.4, 0.5) is 0 Å². The molecule has 0 spiro atoms. The third-order valence-corrected chi connectivity index (χ3v) is 2.25. The van der Waals surface area contributed by atoms with Gasteiger partial charge in [0, 0.05) is 26.0 Å². The zero-order chi connectivity index (χ0) is 9.36. The van der Waals surface area contributed by atoms with Crippen LogP contribution in [-0.4, -0.2) is 37.5 Å². The Morgan fingerprint density at radius 2 is 2.54 bits per heavy atom. The average Bonchev–Trinajstić information content (AvgIpc) is 2.63. The van der Waals surface area contributed by atoms with Gasteiger partial charge in [-0.05, 0) is 0 Å². The van der Waals surface area contributed by atoms with Gasteiger partial charge >= 0.3 is 0 Å². The molecule has 0 aliphatic rings. The minimum absolute atomic E-state index is 0.730. The Bertz CT molecular complexity index is 204. The van der Waals surface area contributed by atoms with Gasteiger partial charge in [0.1, 0.15) is 6.26 Å². The Morgan fingerprint density at radius 1 is 1.62 bits per heavy atom. The van der Waals surface area contributed by atoms with Gasteiger partial charge in [-0.1, -0.05) is 11.8 Å². The first-order chi connectivity index (χ1) is 6.43. The zero-order valence-electron chi connectivity index (χ0n) is 7.66. The van der Waals surface area contributed by atoms with Gasteiger partial charge in [-0.3, -0.25) is 0 Å². The fraction of sp³-hybridized carbons (Fsp3) is 0.625. The van der Waals surface area contributed by atoms with Crippen molar-refractivity contribution in [3.05, 3.63) is 12.5 Å². The molecule has 0 aliphatic carbocycles. The van der Waals surface area contributed by atoms with Gasteiger partial charge < -0.3 is 14.5 Å². The first kappa shape index (κ1) is 10.6. The molecule has 0 radical (unpaired) electrons. The number of oxazole rings is 1. The van der Waals surface area contributed by atoms with Crippen molar-refractivity contribution in [2.75, 3.05) is 32.6 Å². The van der Waals surface area contributed by atoms with Crippen molar-refractivity contribution >= 4 is 11.8 Å². The number of hydrogen-bond acceptors (Lipinski definition) is 5. The predicted octanol–water partition coefficient (Wildman–Crippen LogP) is 1.00. The van der Waals surface area contributed by atoms with E-state index >= 15 is 0 Å². The SMILES string of the molecule is COCCNCCSc1ncco1. The predicted molar refractivity (Wildman–Crippen MR) is 52.0 cm³/mol. The first-order valence-electron chi connectivity index (χ1n) is 4.15. The number of methoxy groups -OCH3 is 1. The Hall–Kier alpha value is -0.520. The summed E-state index contributed by atoms with van der Waals surface area (Å²) >= 11 is 1.60. The highest BCUT2D eigenvalue weighted by Gasteiger charge is 1.96. The molecule has 5 heteroatoms. The second-order valence-corrected chi connectivity index (χ2v) is 3.44. The zero-order valence-corrected chi connectivity index (χ0v) is 8.47. The van der Waals surface area contributed by atoms with E-state index in [0.717, 1.165) is 30.7 Å². The van der Waals surface area contributed by atoms with Crippen LogP contribution in [0.2, 0.25) is 0 Å². The number of nitrogens with zero attached hydrogens (tertiary/aromatic N) is 1. The summed E-state index contributed by atoms with van der Waals surface area (Å²) < 4.78 is 9.95. The second-order valence-electron chi connectivity index (χ2n) is 2.39. The topological polar surface area (TPSA) is 47.3 Å². The molecule has 13 heavy (non-hydrogen) atoms. The van der Waals surface area contributed by atoms with E-state index in [0.29, 0.717) is 0 Å². The van der Waals surface area contributed by atoms with Crippen molar-refractivity contribution in [1.29, 1.82) is 0 Å². The van der Waals surface area contributed by atoms with Crippen LogP contribution in [0.1, 0.15) is 0 Å². The number of rotatable bonds is 7. The summed E-state index contributed by atoms with van der Waals surface area (Å²) in [7, 11) is 1.70. The summed E-state index contributed by atoms with van der Waals surface area (Å²) in [6, 6.07) is 0. The van der Waals surface area contributed by atoms with Crippen LogP contribution in [0.5, 0.6) is 0 Å². The van der Waals surface area contributed by atoms with E-state index in [4.69, 9.17) is 9.15 Å². The smallest absolute Gasteiger partial charge is 0.255 e. The van der Waals surface area contributed by atoms with Crippen molar-refractivity contribution in [2.45, 2.75) is 5.22 Å². The van der Waals surface area contributed by atoms with E-state index < -0.39 is 0 Å². The molecule has 0 aliphatic heterocycles. The van der Waals surface area contributed by atoms with E-state index in [1.807, 2.05) is 0 Å². The van der Waals surface area contributed by atoms with Crippen molar-refractivity contribution in [2.24, 2.45) is 0 Å². The number of nitrogens with one attached hydrogen (secondary N) is 1. The van der Waals surface area contributed by atoms with Crippen LogP contribution in [0.25, 0.3) is 0 Å². The minimum atomic E-state index is 0.730. The minimum Gasteiger partial charge on any atom is -0.440 e. The molecular weight excluding hydrogens is 188 g/mol. The lowest BCUT2D eigenvalue weighted by Gasteiger charge is -2.01. The van der Waals surface area contributed by atoms with Crippen molar-refractivity contribution < 1.29 is 9.15 Å². The summed E-state index contributed by atoms with van der Waals surface area (Å²) in [6.45, 7) is 2.59. The summed E-state index contributed by atoms with van der Waals surface area (Å²) in [5, 5.41) is 3.96. The fourth-order valence-corrected chi connectivity index (χ4v) is 1.47. The maximum atomic E-state index is 5.06. The van der Waals surface area contributed by atoms with Crippen molar-refractivity contribution in [3.63, 3.8) is 0 Å². The van der Waals surface area contributed by atoms with Crippen LogP contribution in [0.3, 0.4) is 0 Å². The first-order valence-corrected chi connectivity index (χ1v) is 5.14. The largest absolute Gasteiger partial charge is 0.440 e. The third kappa shape index (κ3) is 4.92. The number of ether oxygens (including phenoxy) is 1. The molecule has 4 nitrogen and oxygen atoms in total. The second kappa shape index (κ2) is 6.94. The Morgan fingerprint density at radius 3 is 3.23 bits per heavy atom. The van der Waals surface area contributed by atoms with Crippen LogP contribution in [0, 0.1) is 0 Å². The molecule has 74 valence electrons. The molecule has 1 rings (SSSR count). The standard InChI is InChI=1S/C8H14N2O2S/c1-11-5-2-9-4-7-13-8-10-3-6-12-8/h3,6,9H,2,4-5,7H2,1H3. The number of hydrogen-bond donors (Lipinski definition) is 1. The van der Waals surface area contributed by atoms with Gasteiger partial charge in [-0.2, -0.15) is 0 Å². The Balaban J connectivity index is 1.90. The molecule has 1 heterocycles. The number of thioether (sulfide) groups is 1. The van der Waals surface area contributed by atoms with Gasteiger partial charge in [-0.15, -0.1) is 0 Å². The van der Waals surface area contributed by atoms with Crippen LogP contribution >= 0.6 is 11.8 Å². The maximum Gasteiger partial charge on any atom is 0.255 e. The van der Waals surface area contributed by atoms with Gasteiger partial charge in [-0.25, -0.2) is 4.98 Å². The van der Waals surface area contributed by atoms with E-state index in [1.165, 1.54) is 0 Å². The molecule has 0 saturated heterocycles. The van der Waals surface area contributed by atoms with Crippen LogP contribution in [0.15, 0.2) is 22.1 Å². The summed E-state index contributed by atoms with van der Waals surface area (Å²) in [5.74, 6) is 0.963. The van der Waals surface area contributed by atoms with Crippen LogP contribution in [-0.2, 0) is 4.74 Å². The van der Waals surface area contributed by atoms with Crippen molar-refractivity contribution in [1.82, 2.24) is 10.3 Å². The van der Waals surface area contributed by atoms with E-state index in [1.54, 1.807) is 31.3 Å². The monoisotopic (exact) mass is 202 g/mol. The molecule has 0 fully saturated rings. The Kier molecular flexibility index (Phi) is 5.64. The van der Waals surface area contributed by atoms with E-state index in [2.05, 4.69) is 10.3 Å². The lowest BCUT2D eigenvalue weighted by Crippen LogP contribution is -2.21. The fourth-order valence-electron chi connectivity index (χ4n) is 0.791. The van der Waals surface area contributed by atoms with Crippen molar-refractivity contribution in [3.8, 4) is 0 Å². The lowest BCUT2D eigenvalue weighted by molar-refractivity contribution is 0.200.